The van der Waals surface area contributed by atoms with Gasteiger partial charge >= 0.3 is 0 Å². The molecule has 2 nitrogen and oxygen atoms in total. The Morgan fingerprint density at radius 3 is 2.19 bits per heavy atom. The monoisotopic (exact) mass is 223 g/mol. The summed E-state index contributed by atoms with van der Waals surface area (Å²) in [6.07, 6.45) is 5.96. The van der Waals surface area contributed by atoms with Crippen LogP contribution in [0.25, 0.3) is 0 Å². The van der Waals surface area contributed by atoms with Crippen LogP contribution in [0.15, 0.2) is 23.8 Å². The smallest absolute Gasteiger partial charge is 0.226 e. The summed E-state index contributed by atoms with van der Waals surface area (Å²) in [5.41, 5.74) is 1.18. The van der Waals surface area contributed by atoms with E-state index in [0.717, 1.165) is 0 Å². The summed E-state index contributed by atoms with van der Waals surface area (Å²) in [6.45, 7) is 12.2. The number of carbonyl (C=O) groups is 1. The first kappa shape index (κ1) is 14.9. The van der Waals surface area contributed by atoms with Gasteiger partial charge in [0, 0.05) is 6.04 Å². The van der Waals surface area contributed by atoms with Crippen molar-refractivity contribution < 1.29 is 4.79 Å². The molecule has 0 aromatic carbocycles. The maximum atomic E-state index is 11.8. The number of hydrogen-bond acceptors (Lipinski definition) is 1. The Labute approximate surface area is 99.8 Å². The van der Waals surface area contributed by atoms with E-state index in [4.69, 9.17) is 0 Å². The molecule has 0 aliphatic rings. The van der Waals surface area contributed by atoms with Gasteiger partial charge in [-0.2, -0.15) is 0 Å². The van der Waals surface area contributed by atoms with Crippen molar-refractivity contribution in [2.45, 2.75) is 47.6 Å². The zero-order valence-corrected chi connectivity index (χ0v) is 11.4. The Morgan fingerprint density at radius 1 is 1.19 bits per heavy atom. The summed E-state index contributed by atoms with van der Waals surface area (Å²) >= 11 is 0. The van der Waals surface area contributed by atoms with Crippen molar-refractivity contribution in [3.05, 3.63) is 23.8 Å². The van der Waals surface area contributed by atoms with Crippen LogP contribution in [-0.2, 0) is 4.79 Å². The van der Waals surface area contributed by atoms with E-state index in [-0.39, 0.29) is 17.9 Å². The number of nitrogens with one attached hydrogen (secondary N) is 1. The molecule has 0 spiro atoms. The first-order valence-electron chi connectivity index (χ1n) is 6.00. The molecule has 0 saturated heterocycles. The zero-order valence-electron chi connectivity index (χ0n) is 11.4. The topological polar surface area (TPSA) is 29.1 Å². The molecule has 0 bridgehead atoms. The summed E-state index contributed by atoms with van der Waals surface area (Å²) in [6, 6.07) is 0.228. The molecule has 2 atom stereocenters. The lowest BCUT2D eigenvalue weighted by atomic mass is 10.0. The third kappa shape index (κ3) is 5.74. The van der Waals surface area contributed by atoms with Crippen LogP contribution in [0, 0.1) is 11.8 Å². The lowest BCUT2D eigenvalue weighted by Crippen LogP contribution is -2.38. The summed E-state index contributed by atoms with van der Waals surface area (Å²) < 4.78 is 0. The van der Waals surface area contributed by atoms with Gasteiger partial charge in [-0.15, -0.1) is 0 Å². The third-order valence-corrected chi connectivity index (χ3v) is 2.89. The van der Waals surface area contributed by atoms with Gasteiger partial charge in [0.15, 0.2) is 0 Å². The first-order valence-corrected chi connectivity index (χ1v) is 6.00. The van der Waals surface area contributed by atoms with Crippen molar-refractivity contribution >= 4 is 5.91 Å². The molecule has 0 radical (unpaired) electrons. The molecule has 2 unspecified atom stereocenters. The fourth-order valence-corrected chi connectivity index (χ4v) is 1.00. The van der Waals surface area contributed by atoms with Gasteiger partial charge < -0.3 is 5.32 Å². The van der Waals surface area contributed by atoms with Crippen LogP contribution < -0.4 is 5.32 Å². The third-order valence-electron chi connectivity index (χ3n) is 2.89. The summed E-state index contributed by atoms with van der Waals surface area (Å²) in [5, 5.41) is 3.01. The van der Waals surface area contributed by atoms with Gasteiger partial charge in [0.1, 0.15) is 0 Å². The fourth-order valence-electron chi connectivity index (χ4n) is 1.00. The number of allylic oxidation sites excluding steroid dienone is 3. The molecule has 1 N–H and O–H groups in total. The minimum Gasteiger partial charge on any atom is -0.353 e. The Hall–Kier alpha value is -1.05. The van der Waals surface area contributed by atoms with E-state index < -0.39 is 0 Å². The maximum absolute atomic E-state index is 11.8. The van der Waals surface area contributed by atoms with Crippen LogP contribution >= 0.6 is 0 Å². The summed E-state index contributed by atoms with van der Waals surface area (Å²) in [5.74, 6) is 0.495. The van der Waals surface area contributed by atoms with Crippen LogP contribution in [0.2, 0.25) is 0 Å². The molecule has 16 heavy (non-hydrogen) atoms. The largest absolute Gasteiger partial charge is 0.353 e. The van der Waals surface area contributed by atoms with Gasteiger partial charge in [-0.1, -0.05) is 44.6 Å². The Morgan fingerprint density at radius 2 is 1.75 bits per heavy atom. The Balaban J connectivity index is 4.24. The van der Waals surface area contributed by atoms with Crippen molar-refractivity contribution in [3.63, 3.8) is 0 Å². The molecule has 0 aromatic heterocycles. The van der Waals surface area contributed by atoms with Crippen molar-refractivity contribution in [2.75, 3.05) is 0 Å². The maximum Gasteiger partial charge on any atom is 0.226 e. The molecule has 92 valence electrons. The molecule has 2 heteroatoms. The van der Waals surface area contributed by atoms with Gasteiger partial charge in [-0.05, 0) is 26.7 Å². The molecular weight excluding hydrogens is 198 g/mol. The van der Waals surface area contributed by atoms with E-state index in [0.29, 0.717) is 5.92 Å². The predicted molar refractivity (Wildman–Crippen MR) is 70.2 cm³/mol. The van der Waals surface area contributed by atoms with Gasteiger partial charge in [-0.25, -0.2) is 0 Å². The summed E-state index contributed by atoms with van der Waals surface area (Å²) in [4.78, 5) is 11.8. The van der Waals surface area contributed by atoms with E-state index in [1.165, 1.54) is 5.57 Å². The highest BCUT2D eigenvalue weighted by Crippen LogP contribution is 2.05. The highest BCUT2D eigenvalue weighted by atomic mass is 16.1. The second-order valence-corrected chi connectivity index (χ2v) is 4.72. The van der Waals surface area contributed by atoms with E-state index in [1.54, 1.807) is 0 Å². The van der Waals surface area contributed by atoms with Crippen LogP contribution in [0.3, 0.4) is 0 Å². The van der Waals surface area contributed by atoms with Gasteiger partial charge in [0.2, 0.25) is 5.91 Å². The standard InChI is InChI=1S/C14H25NO/c1-7-11(4)8-9-12(5)14(16)15-13(6)10(2)3/h7-10,12-13H,1-6H3,(H,15,16). The molecule has 0 aliphatic carbocycles. The molecule has 0 aromatic rings. The van der Waals surface area contributed by atoms with Crippen LogP contribution in [0.1, 0.15) is 41.5 Å². The minimum absolute atomic E-state index is 0.0731. The van der Waals surface area contributed by atoms with E-state index in [1.807, 2.05) is 45.9 Å². The molecule has 0 fully saturated rings. The van der Waals surface area contributed by atoms with Crippen molar-refractivity contribution in [2.24, 2.45) is 11.8 Å². The number of amides is 1. The van der Waals surface area contributed by atoms with Gasteiger partial charge in [0.25, 0.3) is 0 Å². The van der Waals surface area contributed by atoms with Crippen molar-refractivity contribution in [1.29, 1.82) is 0 Å². The number of carbonyl (C=O) groups excluding carboxylic acids is 1. The van der Waals surface area contributed by atoms with E-state index >= 15 is 0 Å². The summed E-state index contributed by atoms with van der Waals surface area (Å²) in [7, 11) is 0. The second kappa shape index (κ2) is 7.26. The quantitative estimate of drug-likeness (QED) is 0.712. The van der Waals surface area contributed by atoms with Crippen LogP contribution in [0.4, 0.5) is 0 Å². The zero-order chi connectivity index (χ0) is 12.7. The van der Waals surface area contributed by atoms with Gasteiger partial charge in [0.05, 0.1) is 5.92 Å². The highest BCUT2D eigenvalue weighted by molar-refractivity contribution is 5.80. The van der Waals surface area contributed by atoms with Crippen molar-refractivity contribution in [3.8, 4) is 0 Å². The average Bonchev–Trinajstić information content (AvgIpc) is 2.24. The Bertz CT molecular complexity index is 276. The van der Waals surface area contributed by atoms with E-state index in [9.17, 15) is 4.79 Å². The number of hydrogen-bond donors (Lipinski definition) is 1. The highest BCUT2D eigenvalue weighted by Gasteiger charge is 2.14. The first-order chi connectivity index (χ1) is 7.38. The minimum atomic E-state index is -0.0731. The van der Waals surface area contributed by atoms with E-state index in [2.05, 4.69) is 19.2 Å². The van der Waals surface area contributed by atoms with Crippen molar-refractivity contribution in [1.82, 2.24) is 5.32 Å². The van der Waals surface area contributed by atoms with Crippen LogP contribution in [-0.4, -0.2) is 11.9 Å². The average molecular weight is 223 g/mol. The van der Waals surface area contributed by atoms with Gasteiger partial charge in [-0.3, -0.25) is 4.79 Å². The molecule has 0 saturated carbocycles. The molecular formula is C14H25NO. The SMILES string of the molecule is CC=C(C)C=CC(C)C(=O)NC(C)C(C)C. The number of rotatable bonds is 5. The van der Waals surface area contributed by atoms with Crippen LogP contribution in [0.5, 0.6) is 0 Å². The second-order valence-electron chi connectivity index (χ2n) is 4.72. The predicted octanol–water partition coefficient (Wildman–Crippen LogP) is 3.31. The molecule has 0 rings (SSSR count). The Kier molecular flexibility index (Phi) is 6.78. The lowest BCUT2D eigenvalue weighted by Gasteiger charge is -2.19. The fraction of sp³-hybridized carbons (Fsp3) is 0.643. The molecule has 0 heterocycles. The molecule has 1 amide bonds. The normalized spacial score (nSPS) is 16.6. The lowest BCUT2D eigenvalue weighted by molar-refractivity contribution is -0.124. The molecule has 0 aliphatic heterocycles.